The minimum atomic E-state index is -0.106. The number of benzene rings is 1. The standard InChI is InChI=1S/C13H15N5OS/c14-13-18-17-10(20-13)7-16-12(19)9-5-1-3-8-4-2-6-15-11(8)9/h1,3,5,15H,2,4,6-7H2,(H2,14,18)(H,16,19). The lowest BCUT2D eigenvalue weighted by molar-refractivity contribution is 0.0951. The zero-order valence-corrected chi connectivity index (χ0v) is 11.7. The van der Waals surface area contributed by atoms with Crippen LogP contribution in [0.4, 0.5) is 10.8 Å². The smallest absolute Gasteiger partial charge is 0.253 e. The third-order valence-corrected chi connectivity index (χ3v) is 3.96. The maximum atomic E-state index is 12.3. The number of aryl methyl sites for hydroxylation is 1. The van der Waals surface area contributed by atoms with E-state index in [4.69, 9.17) is 5.73 Å². The molecule has 2 heterocycles. The quantitative estimate of drug-likeness (QED) is 0.794. The van der Waals surface area contributed by atoms with Crippen LogP contribution >= 0.6 is 11.3 Å². The molecule has 2 aromatic rings. The van der Waals surface area contributed by atoms with Crippen molar-refractivity contribution < 1.29 is 4.79 Å². The van der Waals surface area contributed by atoms with Gasteiger partial charge in [-0.3, -0.25) is 4.79 Å². The molecule has 0 radical (unpaired) electrons. The van der Waals surface area contributed by atoms with Crippen LogP contribution in [0.25, 0.3) is 0 Å². The molecular weight excluding hydrogens is 274 g/mol. The first-order chi connectivity index (χ1) is 9.74. The number of para-hydroxylation sites is 1. The van der Waals surface area contributed by atoms with Crippen LogP contribution in [0.2, 0.25) is 0 Å². The molecule has 4 N–H and O–H groups in total. The Labute approximate surface area is 120 Å². The summed E-state index contributed by atoms with van der Waals surface area (Å²) in [6, 6.07) is 5.81. The van der Waals surface area contributed by atoms with Crippen molar-refractivity contribution in [3.63, 3.8) is 0 Å². The highest BCUT2D eigenvalue weighted by Crippen LogP contribution is 2.26. The van der Waals surface area contributed by atoms with E-state index in [1.54, 1.807) is 0 Å². The van der Waals surface area contributed by atoms with Gasteiger partial charge in [-0.05, 0) is 24.5 Å². The Kier molecular flexibility index (Phi) is 3.51. The van der Waals surface area contributed by atoms with Gasteiger partial charge in [0.15, 0.2) is 0 Å². The molecule has 104 valence electrons. The summed E-state index contributed by atoms with van der Waals surface area (Å²) in [6.07, 6.45) is 2.11. The van der Waals surface area contributed by atoms with Crippen molar-refractivity contribution >= 4 is 28.1 Å². The topological polar surface area (TPSA) is 92.9 Å². The Balaban J connectivity index is 1.74. The monoisotopic (exact) mass is 289 g/mol. The number of anilines is 2. The molecule has 6 nitrogen and oxygen atoms in total. The van der Waals surface area contributed by atoms with Gasteiger partial charge in [0.25, 0.3) is 5.91 Å². The summed E-state index contributed by atoms with van der Waals surface area (Å²) < 4.78 is 0. The van der Waals surface area contributed by atoms with E-state index in [-0.39, 0.29) is 5.91 Å². The average molecular weight is 289 g/mol. The van der Waals surface area contributed by atoms with Crippen molar-refractivity contribution in [1.82, 2.24) is 15.5 Å². The number of carbonyl (C=O) groups excluding carboxylic acids is 1. The van der Waals surface area contributed by atoms with Crippen LogP contribution in [0.15, 0.2) is 18.2 Å². The van der Waals surface area contributed by atoms with Crippen molar-refractivity contribution in [3.05, 3.63) is 34.3 Å². The van der Waals surface area contributed by atoms with Crippen molar-refractivity contribution in [1.29, 1.82) is 0 Å². The van der Waals surface area contributed by atoms with Crippen molar-refractivity contribution in [2.24, 2.45) is 0 Å². The Morgan fingerprint density at radius 2 is 2.35 bits per heavy atom. The molecular formula is C13H15N5OS. The molecule has 1 aliphatic rings. The van der Waals surface area contributed by atoms with Crippen LogP contribution in [0.5, 0.6) is 0 Å². The van der Waals surface area contributed by atoms with Crippen molar-refractivity contribution in [2.45, 2.75) is 19.4 Å². The lowest BCUT2D eigenvalue weighted by Gasteiger charge is -2.20. The molecule has 0 atom stereocenters. The van der Waals surface area contributed by atoms with Gasteiger partial charge in [-0.25, -0.2) is 0 Å². The SMILES string of the molecule is Nc1nnc(CNC(=O)c2cccc3c2NCCC3)s1. The first kappa shape index (κ1) is 12.9. The molecule has 20 heavy (non-hydrogen) atoms. The first-order valence-electron chi connectivity index (χ1n) is 6.46. The fourth-order valence-electron chi connectivity index (χ4n) is 2.29. The Morgan fingerprint density at radius 3 is 3.15 bits per heavy atom. The Bertz CT molecular complexity index is 639. The summed E-state index contributed by atoms with van der Waals surface area (Å²) in [7, 11) is 0. The Hall–Kier alpha value is -2.15. The van der Waals surface area contributed by atoms with Gasteiger partial charge in [0.05, 0.1) is 17.8 Å². The van der Waals surface area contributed by atoms with Gasteiger partial charge in [0.2, 0.25) is 5.13 Å². The highest BCUT2D eigenvalue weighted by Gasteiger charge is 2.17. The molecule has 0 bridgehead atoms. The number of carbonyl (C=O) groups is 1. The minimum Gasteiger partial charge on any atom is -0.384 e. The molecule has 1 aromatic carbocycles. The lowest BCUT2D eigenvalue weighted by Crippen LogP contribution is -2.25. The predicted octanol–water partition coefficient (Wildman–Crippen LogP) is 1.41. The van der Waals surface area contributed by atoms with Gasteiger partial charge in [-0.15, -0.1) is 10.2 Å². The van der Waals surface area contributed by atoms with E-state index >= 15 is 0 Å². The summed E-state index contributed by atoms with van der Waals surface area (Å²) in [5.74, 6) is -0.106. The molecule has 3 rings (SSSR count). The molecule has 1 aromatic heterocycles. The number of nitrogen functional groups attached to an aromatic ring is 1. The van der Waals surface area contributed by atoms with Gasteiger partial charge < -0.3 is 16.4 Å². The van der Waals surface area contributed by atoms with Gasteiger partial charge in [0.1, 0.15) is 5.01 Å². The van der Waals surface area contributed by atoms with Crippen LogP contribution in [0.1, 0.15) is 27.3 Å². The predicted molar refractivity (Wildman–Crippen MR) is 78.7 cm³/mol. The molecule has 0 fully saturated rings. The number of rotatable bonds is 3. The van der Waals surface area contributed by atoms with E-state index in [9.17, 15) is 4.79 Å². The summed E-state index contributed by atoms with van der Waals surface area (Å²) in [5.41, 5.74) is 8.34. The van der Waals surface area contributed by atoms with Crippen molar-refractivity contribution in [3.8, 4) is 0 Å². The van der Waals surface area contributed by atoms with Gasteiger partial charge in [-0.2, -0.15) is 0 Å². The van der Waals surface area contributed by atoms with Crippen molar-refractivity contribution in [2.75, 3.05) is 17.6 Å². The second kappa shape index (κ2) is 5.46. The molecule has 0 unspecified atom stereocenters. The molecule has 0 spiro atoms. The van der Waals surface area contributed by atoms with E-state index in [0.717, 1.165) is 25.1 Å². The van der Waals surface area contributed by atoms with Gasteiger partial charge >= 0.3 is 0 Å². The maximum absolute atomic E-state index is 12.3. The van der Waals surface area contributed by atoms with Gasteiger partial charge in [-0.1, -0.05) is 23.5 Å². The zero-order chi connectivity index (χ0) is 13.9. The van der Waals surface area contributed by atoms with E-state index in [1.165, 1.54) is 16.9 Å². The average Bonchev–Trinajstić information content (AvgIpc) is 2.90. The van der Waals surface area contributed by atoms with Crippen LogP contribution < -0.4 is 16.4 Å². The van der Waals surface area contributed by atoms with E-state index in [0.29, 0.717) is 22.2 Å². The number of hydrogen-bond acceptors (Lipinski definition) is 6. The number of aromatic nitrogens is 2. The molecule has 0 saturated heterocycles. The highest BCUT2D eigenvalue weighted by molar-refractivity contribution is 7.15. The number of nitrogens with two attached hydrogens (primary N) is 1. The fraction of sp³-hybridized carbons (Fsp3) is 0.308. The number of fused-ring (bicyclic) bond motifs is 1. The van der Waals surface area contributed by atoms with E-state index in [1.807, 2.05) is 12.1 Å². The second-order valence-electron chi connectivity index (χ2n) is 4.59. The highest BCUT2D eigenvalue weighted by atomic mass is 32.1. The molecule has 1 aliphatic heterocycles. The number of hydrogen-bond donors (Lipinski definition) is 3. The Morgan fingerprint density at radius 1 is 1.45 bits per heavy atom. The largest absolute Gasteiger partial charge is 0.384 e. The summed E-state index contributed by atoms with van der Waals surface area (Å²) >= 11 is 1.28. The lowest BCUT2D eigenvalue weighted by atomic mass is 9.99. The summed E-state index contributed by atoms with van der Waals surface area (Å²) in [5, 5.41) is 14.9. The van der Waals surface area contributed by atoms with Crippen LogP contribution in [-0.4, -0.2) is 22.6 Å². The maximum Gasteiger partial charge on any atom is 0.253 e. The third-order valence-electron chi connectivity index (χ3n) is 3.20. The zero-order valence-electron chi connectivity index (χ0n) is 10.8. The first-order valence-corrected chi connectivity index (χ1v) is 7.27. The molecule has 7 heteroatoms. The van der Waals surface area contributed by atoms with E-state index < -0.39 is 0 Å². The molecule has 0 aliphatic carbocycles. The van der Waals surface area contributed by atoms with Gasteiger partial charge in [0, 0.05) is 6.54 Å². The van der Waals surface area contributed by atoms with Crippen LogP contribution in [-0.2, 0) is 13.0 Å². The summed E-state index contributed by atoms with van der Waals surface area (Å²) in [6.45, 7) is 1.25. The summed E-state index contributed by atoms with van der Waals surface area (Å²) in [4.78, 5) is 12.3. The number of nitrogens with zero attached hydrogens (tertiary/aromatic N) is 2. The van der Waals surface area contributed by atoms with E-state index in [2.05, 4.69) is 26.9 Å². The van der Waals surface area contributed by atoms with Crippen LogP contribution in [0.3, 0.4) is 0 Å². The second-order valence-corrected chi connectivity index (χ2v) is 5.68. The molecule has 1 amide bonds. The molecule has 0 saturated carbocycles. The fourth-order valence-corrected chi connectivity index (χ4v) is 2.84. The normalized spacial score (nSPS) is 13.4. The number of amides is 1. The third kappa shape index (κ3) is 2.57. The van der Waals surface area contributed by atoms with Crippen LogP contribution in [0, 0.1) is 0 Å². The number of nitrogens with one attached hydrogen (secondary N) is 2. The minimum absolute atomic E-state index is 0.106.